The van der Waals surface area contributed by atoms with E-state index in [1.165, 1.54) is 32.1 Å². The second kappa shape index (κ2) is 11.6. The Labute approximate surface area is 217 Å². The maximum absolute atomic E-state index is 12.9. The molecule has 2 heterocycles. The van der Waals surface area contributed by atoms with Crippen molar-refractivity contribution in [2.45, 2.75) is 57.5 Å². The number of aromatic nitrogens is 2. The Kier molecular flexibility index (Phi) is 7.82. The molecule has 37 heavy (non-hydrogen) atoms. The molecule has 1 saturated heterocycles. The van der Waals surface area contributed by atoms with Gasteiger partial charge in [-0.15, -0.1) is 0 Å². The van der Waals surface area contributed by atoms with Crippen molar-refractivity contribution in [2.75, 3.05) is 25.5 Å². The van der Waals surface area contributed by atoms with Crippen LogP contribution in [-0.2, 0) is 11.2 Å². The van der Waals surface area contributed by atoms with Crippen LogP contribution in [0.15, 0.2) is 53.1 Å². The van der Waals surface area contributed by atoms with Crippen LogP contribution in [0.2, 0.25) is 0 Å². The standard InChI is InChI=1S/C29H35N5O3/c1-31-25-10-6-5-9-24(25)27(30)29(35)34-18-17-23(19-34)36-22-14-12-21(13-15-22)28-32-26(37-33-28)16-11-20-7-3-2-4-8-20/h5-6,9-10,12-15,20,23,30-31H,2-4,7-8,11,16-19H2,1H3. The van der Waals surface area contributed by atoms with Crippen molar-refractivity contribution in [3.8, 4) is 17.1 Å². The van der Waals surface area contributed by atoms with E-state index in [-0.39, 0.29) is 17.7 Å². The predicted molar refractivity (Wildman–Crippen MR) is 143 cm³/mol. The third-order valence-electron chi connectivity index (χ3n) is 7.49. The van der Waals surface area contributed by atoms with Gasteiger partial charge in [0.1, 0.15) is 17.6 Å². The third-order valence-corrected chi connectivity index (χ3v) is 7.49. The average molecular weight is 502 g/mol. The number of nitrogens with zero attached hydrogens (tertiary/aromatic N) is 3. The molecular weight excluding hydrogens is 466 g/mol. The minimum Gasteiger partial charge on any atom is -0.489 e. The van der Waals surface area contributed by atoms with E-state index in [1.54, 1.807) is 18.0 Å². The molecule has 2 N–H and O–H groups in total. The molecule has 0 bridgehead atoms. The summed E-state index contributed by atoms with van der Waals surface area (Å²) in [5.41, 5.74) is 2.26. The monoisotopic (exact) mass is 501 g/mol. The summed E-state index contributed by atoms with van der Waals surface area (Å²) in [5, 5.41) is 15.6. The average Bonchev–Trinajstić information content (AvgIpc) is 3.62. The molecule has 2 aromatic carbocycles. The molecule has 2 fully saturated rings. The summed E-state index contributed by atoms with van der Waals surface area (Å²) in [5.74, 6) is 2.56. The molecule has 0 radical (unpaired) electrons. The van der Waals surface area contributed by atoms with Crippen molar-refractivity contribution in [1.29, 1.82) is 5.41 Å². The zero-order valence-corrected chi connectivity index (χ0v) is 21.4. The first kappa shape index (κ1) is 25.0. The summed E-state index contributed by atoms with van der Waals surface area (Å²) in [6.45, 7) is 1.03. The maximum atomic E-state index is 12.9. The Hall–Kier alpha value is -3.68. The van der Waals surface area contributed by atoms with Crippen LogP contribution in [0.25, 0.3) is 11.4 Å². The van der Waals surface area contributed by atoms with E-state index in [0.29, 0.717) is 30.4 Å². The molecule has 1 saturated carbocycles. The highest BCUT2D eigenvalue weighted by Crippen LogP contribution is 2.28. The number of para-hydroxylation sites is 1. The number of hydrogen-bond acceptors (Lipinski definition) is 7. The molecule has 1 aliphatic heterocycles. The summed E-state index contributed by atoms with van der Waals surface area (Å²) in [7, 11) is 1.79. The van der Waals surface area contributed by atoms with Crippen molar-refractivity contribution >= 4 is 17.3 Å². The van der Waals surface area contributed by atoms with Gasteiger partial charge >= 0.3 is 0 Å². The van der Waals surface area contributed by atoms with Crippen LogP contribution in [0.1, 0.15) is 56.4 Å². The highest BCUT2D eigenvalue weighted by molar-refractivity contribution is 6.45. The molecule has 2 aliphatic rings. The van der Waals surface area contributed by atoms with Gasteiger partial charge in [0.2, 0.25) is 11.7 Å². The van der Waals surface area contributed by atoms with Gasteiger partial charge in [-0.3, -0.25) is 10.2 Å². The number of amides is 1. The highest BCUT2D eigenvalue weighted by atomic mass is 16.5. The molecule has 5 rings (SSSR count). The highest BCUT2D eigenvalue weighted by Gasteiger charge is 2.30. The van der Waals surface area contributed by atoms with E-state index in [2.05, 4.69) is 15.5 Å². The minimum atomic E-state index is -0.277. The third kappa shape index (κ3) is 6.01. The zero-order chi connectivity index (χ0) is 25.6. The van der Waals surface area contributed by atoms with E-state index in [1.807, 2.05) is 42.5 Å². The Morgan fingerprint density at radius 1 is 1.11 bits per heavy atom. The van der Waals surface area contributed by atoms with Gasteiger partial charge in [0.05, 0.1) is 6.54 Å². The molecular formula is C29H35N5O3. The Balaban J connectivity index is 1.13. The SMILES string of the molecule is CNc1ccccc1C(=N)C(=O)N1CCC(Oc2ccc(-c3noc(CCC4CCCCC4)n3)cc2)C1. The lowest BCUT2D eigenvalue weighted by Crippen LogP contribution is -2.36. The van der Waals surface area contributed by atoms with E-state index in [0.717, 1.165) is 42.2 Å². The second-order valence-electron chi connectivity index (χ2n) is 10.0. The number of aryl methyl sites for hydroxylation is 1. The van der Waals surface area contributed by atoms with Crippen molar-refractivity contribution in [3.05, 3.63) is 60.0 Å². The van der Waals surface area contributed by atoms with Gasteiger partial charge in [-0.05, 0) is 42.7 Å². The first-order valence-corrected chi connectivity index (χ1v) is 13.4. The number of ether oxygens (including phenoxy) is 1. The van der Waals surface area contributed by atoms with Gasteiger partial charge in [0.15, 0.2) is 0 Å². The van der Waals surface area contributed by atoms with Crippen LogP contribution in [0.4, 0.5) is 5.69 Å². The summed E-state index contributed by atoms with van der Waals surface area (Å²) in [6.07, 6.45) is 9.28. The lowest BCUT2D eigenvalue weighted by Gasteiger charge is -2.20. The molecule has 0 spiro atoms. The van der Waals surface area contributed by atoms with Gasteiger partial charge in [0, 0.05) is 43.2 Å². The zero-order valence-electron chi connectivity index (χ0n) is 21.4. The number of likely N-dealkylation sites (tertiary alicyclic amines) is 1. The lowest BCUT2D eigenvalue weighted by molar-refractivity contribution is -0.123. The van der Waals surface area contributed by atoms with Crippen molar-refractivity contribution in [3.63, 3.8) is 0 Å². The quantitative estimate of drug-likeness (QED) is 0.384. The fourth-order valence-corrected chi connectivity index (χ4v) is 5.35. The molecule has 8 nitrogen and oxygen atoms in total. The number of benzene rings is 2. The van der Waals surface area contributed by atoms with Crippen LogP contribution in [0.3, 0.4) is 0 Å². The van der Waals surface area contributed by atoms with Crippen molar-refractivity contribution < 1.29 is 14.1 Å². The Morgan fingerprint density at radius 2 is 1.89 bits per heavy atom. The molecule has 194 valence electrons. The normalized spacial score (nSPS) is 18.1. The number of carbonyl (C=O) groups excluding carboxylic acids is 1. The van der Waals surface area contributed by atoms with Gasteiger partial charge in [-0.2, -0.15) is 4.98 Å². The first-order valence-electron chi connectivity index (χ1n) is 13.4. The molecule has 1 atom stereocenters. The summed E-state index contributed by atoms with van der Waals surface area (Å²) < 4.78 is 11.6. The molecule has 1 aromatic heterocycles. The van der Waals surface area contributed by atoms with E-state index >= 15 is 0 Å². The molecule has 1 unspecified atom stereocenters. The van der Waals surface area contributed by atoms with E-state index < -0.39 is 0 Å². The van der Waals surface area contributed by atoms with Gasteiger partial charge < -0.3 is 19.5 Å². The van der Waals surface area contributed by atoms with Crippen LogP contribution >= 0.6 is 0 Å². The fourth-order valence-electron chi connectivity index (χ4n) is 5.35. The van der Waals surface area contributed by atoms with Crippen LogP contribution in [-0.4, -0.2) is 52.9 Å². The topological polar surface area (TPSA) is 104 Å². The second-order valence-corrected chi connectivity index (χ2v) is 10.0. The minimum absolute atomic E-state index is 0.00632. The summed E-state index contributed by atoms with van der Waals surface area (Å²) in [6, 6.07) is 15.1. The largest absolute Gasteiger partial charge is 0.489 e. The molecule has 8 heteroatoms. The van der Waals surface area contributed by atoms with Crippen LogP contribution < -0.4 is 10.1 Å². The fraction of sp³-hybridized carbons (Fsp3) is 0.448. The summed E-state index contributed by atoms with van der Waals surface area (Å²) in [4.78, 5) is 19.2. The number of carbonyl (C=O) groups is 1. The van der Waals surface area contributed by atoms with Crippen LogP contribution in [0, 0.1) is 11.3 Å². The van der Waals surface area contributed by atoms with Crippen molar-refractivity contribution in [2.24, 2.45) is 5.92 Å². The van der Waals surface area contributed by atoms with E-state index in [4.69, 9.17) is 14.7 Å². The smallest absolute Gasteiger partial charge is 0.272 e. The number of rotatable bonds is 9. The van der Waals surface area contributed by atoms with Crippen molar-refractivity contribution in [1.82, 2.24) is 15.0 Å². The first-order chi connectivity index (χ1) is 18.1. The maximum Gasteiger partial charge on any atom is 0.272 e. The lowest BCUT2D eigenvalue weighted by atomic mass is 9.86. The Bertz CT molecular complexity index is 1220. The molecule has 3 aromatic rings. The van der Waals surface area contributed by atoms with Crippen LogP contribution in [0.5, 0.6) is 5.75 Å². The van der Waals surface area contributed by atoms with Gasteiger partial charge in [-0.1, -0.05) is 55.5 Å². The number of hydrogen-bond donors (Lipinski definition) is 2. The number of anilines is 1. The predicted octanol–water partition coefficient (Wildman–Crippen LogP) is 5.34. The molecule has 1 aliphatic carbocycles. The number of nitrogens with one attached hydrogen (secondary N) is 2. The van der Waals surface area contributed by atoms with Gasteiger partial charge in [0.25, 0.3) is 5.91 Å². The van der Waals surface area contributed by atoms with E-state index in [9.17, 15) is 4.79 Å². The van der Waals surface area contributed by atoms with Gasteiger partial charge in [-0.25, -0.2) is 0 Å². The Morgan fingerprint density at radius 3 is 2.68 bits per heavy atom. The molecule has 1 amide bonds. The summed E-state index contributed by atoms with van der Waals surface area (Å²) >= 11 is 0.